The zero-order valence-corrected chi connectivity index (χ0v) is 11.7. The third kappa shape index (κ3) is 2.79. The van der Waals surface area contributed by atoms with E-state index >= 15 is 0 Å². The molecule has 0 atom stereocenters. The van der Waals surface area contributed by atoms with Crippen molar-refractivity contribution in [1.29, 1.82) is 0 Å². The molecule has 18 heavy (non-hydrogen) atoms. The molecule has 0 spiro atoms. The van der Waals surface area contributed by atoms with Crippen molar-refractivity contribution in [1.82, 2.24) is 0 Å². The molecular weight excluding hydrogens is 271 g/mol. The third-order valence-corrected chi connectivity index (χ3v) is 4.21. The Kier molecular flexibility index (Phi) is 3.85. The average molecular weight is 287 g/mol. The fourth-order valence-corrected chi connectivity index (χ4v) is 2.55. The summed E-state index contributed by atoms with van der Waals surface area (Å²) < 4.78 is 0. The van der Waals surface area contributed by atoms with Gasteiger partial charge in [-0.3, -0.25) is 4.79 Å². The van der Waals surface area contributed by atoms with E-state index in [9.17, 15) is 4.79 Å². The summed E-state index contributed by atoms with van der Waals surface area (Å²) in [5.41, 5.74) is 7.05. The highest BCUT2D eigenvalue weighted by atomic mass is 35.5. The maximum atomic E-state index is 11.9. The monoisotopic (exact) mass is 286 g/mol. The van der Waals surface area contributed by atoms with Crippen LogP contribution in [0, 0.1) is 6.92 Å². The minimum atomic E-state index is -0.340. The number of carbonyl (C=O) groups is 1. The van der Waals surface area contributed by atoms with Gasteiger partial charge < -0.3 is 11.1 Å². The first-order valence-corrected chi connectivity index (χ1v) is 6.70. The lowest BCUT2D eigenvalue weighted by atomic mass is 9.75. The van der Waals surface area contributed by atoms with Crippen LogP contribution >= 0.6 is 23.2 Å². The summed E-state index contributed by atoms with van der Waals surface area (Å²) in [4.78, 5) is 11.9. The van der Waals surface area contributed by atoms with Crippen LogP contribution in [0.25, 0.3) is 0 Å². The van der Waals surface area contributed by atoms with E-state index in [0.717, 1.165) is 24.8 Å². The van der Waals surface area contributed by atoms with Crippen molar-refractivity contribution < 1.29 is 4.79 Å². The first-order chi connectivity index (χ1) is 8.41. The van der Waals surface area contributed by atoms with Crippen LogP contribution in [0.2, 0.25) is 10.0 Å². The summed E-state index contributed by atoms with van der Waals surface area (Å²) in [6.07, 6.45) is 3.20. The molecule has 1 saturated carbocycles. The number of amides is 1. The lowest BCUT2D eigenvalue weighted by Crippen LogP contribution is -2.48. The van der Waals surface area contributed by atoms with Crippen molar-refractivity contribution in [3.63, 3.8) is 0 Å². The lowest BCUT2D eigenvalue weighted by Gasteiger charge is -2.37. The summed E-state index contributed by atoms with van der Waals surface area (Å²) in [5, 5.41) is 3.69. The van der Waals surface area contributed by atoms with E-state index in [1.54, 1.807) is 6.07 Å². The Bertz CT molecular complexity index is 484. The third-order valence-electron chi connectivity index (χ3n) is 3.41. The van der Waals surface area contributed by atoms with E-state index in [4.69, 9.17) is 28.9 Å². The molecule has 5 heteroatoms. The van der Waals surface area contributed by atoms with Crippen molar-refractivity contribution in [2.24, 2.45) is 5.73 Å². The van der Waals surface area contributed by atoms with Crippen molar-refractivity contribution in [3.8, 4) is 0 Å². The number of halogens is 2. The Morgan fingerprint density at radius 3 is 2.67 bits per heavy atom. The molecule has 1 amide bonds. The molecule has 0 radical (unpaired) electrons. The van der Waals surface area contributed by atoms with Crippen LogP contribution in [0.3, 0.4) is 0 Å². The van der Waals surface area contributed by atoms with Crippen LogP contribution in [-0.4, -0.2) is 11.4 Å². The molecular formula is C13H16Cl2N2O. The molecule has 1 fully saturated rings. The predicted molar refractivity (Wildman–Crippen MR) is 75.2 cm³/mol. The van der Waals surface area contributed by atoms with Gasteiger partial charge in [0.1, 0.15) is 0 Å². The smallest absolute Gasteiger partial charge is 0.226 e. The maximum absolute atomic E-state index is 11.9. The Morgan fingerprint density at radius 2 is 2.11 bits per heavy atom. The van der Waals surface area contributed by atoms with Gasteiger partial charge in [0.25, 0.3) is 0 Å². The van der Waals surface area contributed by atoms with E-state index in [1.165, 1.54) is 0 Å². The molecule has 1 aliphatic rings. The fraction of sp³-hybridized carbons (Fsp3) is 0.462. The molecule has 0 saturated heterocycles. The second kappa shape index (κ2) is 5.08. The molecule has 0 unspecified atom stereocenters. The number of hydrogen-bond donors (Lipinski definition) is 2. The zero-order valence-electron chi connectivity index (χ0n) is 10.2. The van der Waals surface area contributed by atoms with Crippen molar-refractivity contribution in [2.45, 2.75) is 38.1 Å². The summed E-state index contributed by atoms with van der Waals surface area (Å²) >= 11 is 12.2. The Balaban J connectivity index is 2.09. The Labute approximate surface area is 117 Å². The summed E-state index contributed by atoms with van der Waals surface area (Å²) in [5.74, 6) is -0.133. The SMILES string of the molecule is Cc1ccc(Cl)c(NC(=O)CC2(N)CCC2)c1Cl. The molecule has 3 nitrogen and oxygen atoms in total. The van der Waals surface area contributed by atoms with Crippen molar-refractivity contribution in [3.05, 3.63) is 27.7 Å². The molecule has 0 aliphatic heterocycles. The average Bonchev–Trinajstić information content (AvgIpc) is 2.27. The minimum absolute atomic E-state index is 0.133. The van der Waals surface area contributed by atoms with Gasteiger partial charge in [-0.1, -0.05) is 29.3 Å². The molecule has 0 aromatic heterocycles. The molecule has 1 aliphatic carbocycles. The van der Waals surface area contributed by atoms with Crippen LogP contribution in [0.5, 0.6) is 0 Å². The fourth-order valence-electron chi connectivity index (χ4n) is 2.08. The van der Waals surface area contributed by atoms with Crippen LogP contribution < -0.4 is 11.1 Å². The molecule has 98 valence electrons. The van der Waals surface area contributed by atoms with Crippen molar-refractivity contribution in [2.75, 3.05) is 5.32 Å². The van der Waals surface area contributed by atoms with E-state index in [-0.39, 0.29) is 11.4 Å². The van der Waals surface area contributed by atoms with Gasteiger partial charge in [-0.25, -0.2) is 0 Å². The second-order valence-corrected chi connectivity index (χ2v) is 5.78. The Morgan fingerprint density at radius 1 is 1.44 bits per heavy atom. The van der Waals surface area contributed by atoms with E-state index in [1.807, 2.05) is 13.0 Å². The number of rotatable bonds is 3. The summed E-state index contributed by atoms with van der Waals surface area (Å²) in [6, 6.07) is 3.54. The number of anilines is 1. The number of benzene rings is 1. The van der Waals surface area contributed by atoms with Crippen LogP contribution in [0.4, 0.5) is 5.69 Å². The molecule has 1 aromatic rings. The number of nitrogens with one attached hydrogen (secondary N) is 1. The van der Waals surface area contributed by atoms with Gasteiger partial charge in [0, 0.05) is 12.0 Å². The van der Waals surface area contributed by atoms with Crippen molar-refractivity contribution >= 4 is 34.8 Å². The minimum Gasteiger partial charge on any atom is -0.325 e. The Hall–Kier alpha value is -0.770. The zero-order chi connectivity index (χ0) is 13.3. The topological polar surface area (TPSA) is 55.1 Å². The molecule has 1 aromatic carbocycles. The van der Waals surface area contributed by atoms with Crippen LogP contribution in [0.1, 0.15) is 31.2 Å². The number of nitrogens with two attached hydrogens (primary N) is 1. The highest BCUT2D eigenvalue weighted by Gasteiger charge is 2.34. The van der Waals surface area contributed by atoms with E-state index in [0.29, 0.717) is 22.2 Å². The quantitative estimate of drug-likeness (QED) is 0.893. The summed E-state index contributed by atoms with van der Waals surface area (Å²) in [6.45, 7) is 1.87. The second-order valence-electron chi connectivity index (χ2n) is 4.99. The van der Waals surface area contributed by atoms with Gasteiger partial charge >= 0.3 is 0 Å². The number of hydrogen-bond acceptors (Lipinski definition) is 2. The van der Waals surface area contributed by atoms with Gasteiger partial charge in [0.05, 0.1) is 15.7 Å². The number of carbonyl (C=O) groups excluding carboxylic acids is 1. The van der Waals surface area contributed by atoms with E-state index in [2.05, 4.69) is 5.32 Å². The molecule has 0 bridgehead atoms. The largest absolute Gasteiger partial charge is 0.325 e. The van der Waals surface area contributed by atoms with Gasteiger partial charge in [0.2, 0.25) is 5.91 Å². The van der Waals surface area contributed by atoms with Crippen LogP contribution in [-0.2, 0) is 4.79 Å². The van der Waals surface area contributed by atoms with Gasteiger partial charge in [-0.2, -0.15) is 0 Å². The lowest BCUT2D eigenvalue weighted by molar-refractivity contribution is -0.118. The summed E-state index contributed by atoms with van der Waals surface area (Å²) in [7, 11) is 0. The molecule has 0 heterocycles. The standard InChI is InChI=1S/C13H16Cl2N2O/c1-8-3-4-9(14)12(11(8)15)17-10(18)7-13(16)5-2-6-13/h3-4H,2,5-7,16H2,1H3,(H,17,18). The maximum Gasteiger partial charge on any atom is 0.226 e. The highest BCUT2D eigenvalue weighted by molar-refractivity contribution is 6.40. The first kappa shape index (κ1) is 13.7. The first-order valence-electron chi connectivity index (χ1n) is 5.95. The highest BCUT2D eigenvalue weighted by Crippen LogP contribution is 2.35. The predicted octanol–water partition coefficient (Wildman–Crippen LogP) is 3.51. The van der Waals surface area contributed by atoms with E-state index < -0.39 is 0 Å². The molecule has 3 N–H and O–H groups in total. The van der Waals surface area contributed by atoms with Crippen LogP contribution in [0.15, 0.2) is 12.1 Å². The van der Waals surface area contributed by atoms with Gasteiger partial charge in [-0.05, 0) is 37.8 Å². The normalized spacial score (nSPS) is 17.1. The molecule has 2 rings (SSSR count). The van der Waals surface area contributed by atoms with Gasteiger partial charge in [-0.15, -0.1) is 0 Å². The van der Waals surface area contributed by atoms with Gasteiger partial charge in [0.15, 0.2) is 0 Å². The number of aryl methyl sites for hydroxylation is 1.